The highest BCUT2D eigenvalue weighted by atomic mass is 16.6. The molecule has 2 heterocycles. The van der Waals surface area contributed by atoms with Crippen LogP contribution < -0.4 is 4.90 Å². The van der Waals surface area contributed by atoms with Crippen molar-refractivity contribution in [2.45, 2.75) is 65.5 Å². The first-order chi connectivity index (χ1) is 14.2. The summed E-state index contributed by atoms with van der Waals surface area (Å²) < 4.78 is 10.6. The van der Waals surface area contributed by atoms with Crippen LogP contribution in [-0.2, 0) is 14.3 Å². The number of anilines is 1. The van der Waals surface area contributed by atoms with E-state index in [9.17, 15) is 9.59 Å². The summed E-state index contributed by atoms with van der Waals surface area (Å²) >= 11 is 0. The highest BCUT2D eigenvalue weighted by Gasteiger charge is 2.34. The first-order valence-electron chi connectivity index (χ1n) is 10.8. The Labute approximate surface area is 180 Å². The number of nitrogens with zero attached hydrogens (tertiary/aromatic N) is 3. The number of amides is 1. The first-order valence-corrected chi connectivity index (χ1v) is 10.8. The topological polar surface area (TPSA) is 72.0 Å². The Hall–Kier alpha value is -2.41. The Kier molecular flexibility index (Phi) is 8.84. The quantitative estimate of drug-likeness (QED) is 0.465. The van der Waals surface area contributed by atoms with Gasteiger partial charge in [0.05, 0.1) is 12.6 Å². The van der Waals surface area contributed by atoms with Gasteiger partial charge in [0.15, 0.2) is 0 Å². The lowest BCUT2D eigenvalue weighted by atomic mass is 10.2. The molecule has 1 fully saturated rings. The van der Waals surface area contributed by atoms with Crippen molar-refractivity contribution < 1.29 is 19.1 Å². The molecule has 1 amide bonds. The molecule has 30 heavy (non-hydrogen) atoms. The van der Waals surface area contributed by atoms with Gasteiger partial charge in [0.1, 0.15) is 11.4 Å². The zero-order chi connectivity index (χ0) is 22.1. The molecule has 7 nitrogen and oxygen atoms in total. The van der Waals surface area contributed by atoms with Crippen molar-refractivity contribution in [1.82, 2.24) is 9.88 Å². The van der Waals surface area contributed by atoms with Gasteiger partial charge in [-0.3, -0.25) is 4.90 Å². The van der Waals surface area contributed by atoms with Crippen molar-refractivity contribution in [3.05, 3.63) is 30.0 Å². The smallest absolute Gasteiger partial charge is 0.416 e. The molecule has 0 N–H and O–H groups in total. The normalized spacial score (nSPS) is 17.3. The lowest BCUT2D eigenvalue weighted by molar-refractivity contribution is -0.137. The third kappa shape index (κ3) is 7.44. The zero-order valence-corrected chi connectivity index (χ0v) is 18.9. The van der Waals surface area contributed by atoms with E-state index < -0.39 is 11.6 Å². The van der Waals surface area contributed by atoms with Crippen LogP contribution >= 0.6 is 0 Å². The highest BCUT2D eigenvalue weighted by molar-refractivity contribution is 5.88. The summed E-state index contributed by atoms with van der Waals surface area (Å²) in [6, 6.07) is 3.65. The molecule has 1 aliphatic rings. The summed E-state index contributed by atoms with van der Waals surface area (Å²) in [5.41, 5.74) is 0.171. The maximum atomic E-state index is 13.0. The van der Waals surface area contributed by atoms with Crippen LogP contribution in [0.3, 0.4) is 0 Å². The van der Waals surface area contributed by atoms with Crippen LogP contribution in [0.15, 0.2) is 24.4 Å². The van der Waals surface area contributed by atoms with Crippen molar-refractivity contribution >= 4 is 24.0 Å². The molecule has 1 aromatic rings. The van der Waals surface area contributed by atoms with Crippen LogP contribution in [0.4, 0.5) is 10.6 Å². The van der Waals surface area contributed by atoms with E-state index in [0.717, 1.165) is 44.5 Å². The molecule has 0 aromatic carbocycles. The van der Waals surface area contributed by atoms with E-state index in [1.807, 2.05) is 26.8 Å². The minimum Gasteiger partial charge on any atom is -0.463 e. The predicted octanol–water partition coefficient (Wildman–Crippen LogP) is 4.27. The summed E-state index contributed by atoms with van der Waals surface area (Å²) in [5, 5.41) is 0. The van der Waals surface area contributed by atoms with Gasteiger partial charge in [-0.1, -0.05) is 13.3 Å². The van der Waals surface area contributed by atoms with Crippen LogP contribution in [0.25, 0.3) is 6.08 Å². The van der Waals surface area contributed by atoms with E-state index in [0.29, 0.717) is 12.4 Å². The summed E-state index contributed by atoms with van der Waals surface area (Å²) in [4.78, 5) is 33.1. The van der Waals surface area contributed by atoms with Gasteiger partial charge >= 0.3 is 12.1 Å². The summed E-state index contributed by atoms with van der Waals surface area (Å²) in [6.45, 7) is 12.7. The number of hydrogen-bond acceptors (Lipinski definition) is 6. The minimum absolute atomic E-state index is 0.0186. The number of hydrogen-bond donors (Lipinski definition) is 0. The number of carbonyl (C=O) groups is 2. The second-order valence-electron chi connectivity index (χ2n) is 8.48. The number of ether oxygens (including phenoxy) is 2. The van der Waals surface area contributed by atoms with Crippen LogP contribution in [-0.4, -0.2) is 59.8 Å². The number of esters is 1. The average Bonchev–Trinajstić information content (AvgIpc) is 3.13. The molecular weight excluding hydrogens is 382 g/mol. The third-order valence-corrected chi connectivity index (χ3v) is 4.75. The number of rotatable bonds is 8. The summed E-state index contributed by atoms with van der Waals surface area (Å²) in [7, 11) is 0. The molecule has 0 radical (unpaired) electrons. The first kappa shape index (κ1) is 23.9. The van der Waals surface area contributed by atoms with Gasteiger partial charge in [-0.2, -0.15) is 0 Å². The van der Waals surface area contributed by atoms with E-state index in [1.54, 1.807) is 30.2 Å². The molecule has 0 unspecified atom stereocenters. The molecule has 1 atom stereocenters. The average molecular weight is 418 g/mol. The molecule has 1 aliphatic heterocycles. The standard InChI is InChI=1S/C23H35N3O4/c1-6-8-14-25-15-13-19(17-25)26(22(28)30-23(3,4)5)20-11-9-18(16-24-20)10-12-21(27)29-7-2/h9-12,16,19H,6-8,13-15,17H2,1-5H3/t19-/m1/s1. The number of unbranched alkanes of at least 4 members (excludes halogenated alkanes) is 1. The molecule has 7 heteroatoms. The van der Waals surface area contributed by atoms with E-state index >= 15 is 0 Å². The Morgan fingerprint density at radius 2 is 2.07 bits per heavy atom. The highest BCUT2D eigenvalue weighted by Crippen LogP contribution is 2.25. The van der Waals surface area contributed by atoms with E-state index in [-0.39, 0.29) is 12.1 Å². The maximum absolute atomic E-state index is 13.0. The fraction of sp³-hybridized carbons (Fsp3) is 0.609. The van der Waals surface area contributed by atoms with Crippen molar-refractivity contribution in [1.29, 1.82) is 0 Å². The van der Waals surface area contributed by atoms with Gasteiger partial charge in [-0.25, -0.2) is 14.6 Å². The number of pyridine rings is 1. The Morgan fingerprint density at radius 1 is 1.30 bits per heavy atom. The Morgan fingerprint density at radius 3 is 2.67 bits per heavy atom. The van der Waals surface area contributed by atoms with Crippen molar-refractivity contribution in [3.8, 4) is 0 Å². The molecule has 0 aliphatic carbocycles. The predicted molar refractivity (Wildman–Crippen MR) is 118 cm³/mol. The Balaban J connectivity index is 2.18. The van der Waals surface area contributed by atoms with Gasteiger partial charge in [-0.05, 0) is 70.9 Å². The molecule has 166 valence electrons. The fourth-order valence-corrected chi connectivity index (χ4v) is 3.34. The van der Waals surface area contributed by atoms with Gasteiger partial charge < -0.3 is 14.4 Å². The SMILES string of the molecule is CCCCN1CC[C@@H](N(C(=O)OC(C)(C)C)c2ccc(C=CC(=O)OCC)cn2)C1. The van der Waals surface area contributed by atoms with Gasteiger partial charge in [0.25, 0.3) is 0 Å². The zero-order valence-electron chi connectivity index (χ0n) is 18.9. The monoisotopic (exact) mass is 417 g/mol. The second kappa shape index (κ2) is 11.1. The van der Waals surface area contributed by atoms with Gasteiger partial charge in [0, 0.05) is 25.4 Å². The third-order valence-electron chi connectivity index (χ3n) is 4.75. The maximum Gasteiger partial charge on any atom is 0.416 e. The number of aromatic nitrogens is 1. The molecule has 0 bridgehead atoms. The Bertz CT molecular complexity index is 725. The van der Waals surface area contributed by atoms with Crippen LogP contribution in [0, 0.1) is 0 Å². The largest absolute Gasteiger partial charge is 0.463 e. The van der Waals surface area contributed by atoms with Crippen LogP contribution in [0.2, 0.25) is 0 Å². The summed E-state index contributed by atoms with van der Waals surface area (Å²) in [6.07, 6.45) is 7.47. The number of likely N-dealkylation sites (tertiary alicyclic amines) is 1. The molecule has 2 rings (SSSR count). The van der Waals surface area contributed by atoms with E-state index in [2.05, 4.69) is 16.8 Å². The van der Waals surface area contributed by atoms with Crippen LogP contribution in [0.5, 0.6) is 0 Å². The minimum atomic E-state index is -0.585. The molecule has 0 saturated carbocycles. The molecule has 0 spiro atoms. The molecule has 1 saturated heterocycles. The van der Waals surface area contributed by atoms with Gasteiger partial charge in [-0.15, -0.1) is 0 Å². The lowest BCUT2D eigenvalue weighted by Gasteiger charge is -2.31. The fourth-order valence-electron chi connectivity index (χ4n) is 3.34. The van der Waals surface area contributed by atoms with Crippen molar-refractivity contribution in [2.24, 2.45) is 0 Å². The van der Waals surface area contributed by atoms with E-state index in [1.165, 1.54) is 6.08 Å². The van der Waals surface area contributed by atoms with Crippen molar-refractivity contribution in [2.75, 3.05) is 31.1 Å². The van der Waals surface area contributed by atoms with Gasteiger partial charge in [0.2, 0.25) is 0 Å². The van der Waals surface area contributed by atoms with Crippen molar-refractivity contribution in [3.63, 3.8) is 0 Å². The summed E-state index contributed by atoms with van der Waals surface area (Å²) in [5.74, 6) is 0.162. The van der Waals surface area contributed by atoms with Crippen LogP contribution in [0.1, 0.15) is 59.4 Å². The number of carbonyl (C=O) groups excluding carboxylic acids is 2. The molecule has 1 aromatic heterocycles. The lowest BCUT2D eigenvalue weighted by Crippen LogP contribution is -2.45. The van der Waals surface area contributed by atoms with E-state index in [4.69, 9.17) is 9.47 Å². The molecular formula is C23H35N3O4. The second-order valence-corrected chi connectivity index (χ2v) is 8.48.